The van der Waals surface area contributed by atoms with Crippen LogP contribution in [-0.2, 0) is 9.09 Å². The molecule has 0 aromatic heterocycles. The van der Waals surface area contributed by atoms with Gasteiger partial charge in [0.15, 0.2) is 8.03 Å². The molecule has 0 aromatic rings. The van der Waals surface area contributed by atoms with Gasteiger partial charge in [0.25, 0.3) is 0 Å². The summed E-state index contributed by atoms with van der Waals surface area (Å²) in [5, 5.41) is 0. The summed E-state index contributed by atoms with van der Waals surface area (Å²) in [7, 11) is -1.69. The number of rotatable bonds is 4. The smallest absolute Gasteiger partial charge is 0.191 e. The lowest BCUT2D eigenvalue weighted by Crippen LogP contribution is -2.08. The summed E-state index contributed by atoms with van der Waals surface area (Å²) in [6.07, 6.45) is 7.38. The van der Waals surface area contributed by atoms with Crippen LogP contribution in [0.3, 0.4) is 0 Å². The molecule has 1 aliphatic carbocycles. The summed E-state index contributed by atoms with van der Waals surface area (Å²) < 4.78 is 16.4. The lowest BCUT2D eigenvalue weighted by Gasteiger charge is -2.20. The van der Waals surface area contributed by atoms with E-state index < -0.39 is 8.03 Å². The normalized spacial score (nSPS) is 22.4. The molecule has 1 aliphatic rings. The molecule has 2 nitrogen and oxygen atoms in total. The van der Waals surface area contributed by atoms with E-state index in [1.165, 1.54) is 32.1 Å². The van der Waals surface area contributed by atoms with Gasteiger partial charge in [-0.3, -0.25) is 4.57 Å². The van der Waals surface area contributed by atoms with Crippen molar-refractivity contribution in [3.63, 3.8) is 0 Å². The largest absolute Gasteiger partial charge is 0.331 e. The first-order valence-corrected chi connectivity index (χ1v) is 6.51. The molecule has 1 atom stereocenters. The molecule has 1 fully saturated rings. The zero-order valence-electron chi connectivity index (χ0n) is 7.84. The second kappa shape index (κ2) is 5.77. The third-order valence-electron chi connectivity index (χ3n) is 2.49. The lowest BCUT2D eigenvalue weighted by molar-refractivity contribution is 0.331. The van der Waals surface area contributed by atoms with Crippen molar-refractivity contribution in [3.05, 3.63) is 0 Å². The van der Waals surface area contributed by atoms with Crippen LogP contribution in [0.5, 0.6) is 0 Å². The molecule has 0 spiro atoms. The monoisotopic (exact) mass is 190 g/mol. The second-order valence-electron chi connectivity index (χ2n) is 3.51. The molecule has 0 aliphatic heterocycles. The van der Waals surface area contributed by atoms with Crippen molar-refractivity contribution in [2.45, 2.75) is 39.0 Å². The first-order chi connectivity index (χ1) is 5.83. The summed E-state index contributed by atoms with van der Waals surface area (Å²) in [4.78, 5) is 0. The third kappa shape index (κ3) is 3.73. The summed E-state index contributed by atoms with van der Waals surface area (Å²) in [5.74, 6) is 0.691. The van der Waals surface area contributed by atoms with Gasteiger partial charge in [0.1, 0.15) is 0 Å². The van der Waals surface area contributed by atoms with Crippen molar-refractivity contribution in [2.24, 2.45) is 5.92 Å². The van der Waals surface area contributed by atoms with E-state index in [4.69, 9.17) is 4.52 Å². The summed E-state index contributed by atoms with van der Waals surface area (Å²) in [6, 6.07) is 0. The zero-order valence-corrected chi connectivity index (χ0v) is 8.84. The van der Waals surface area contributed by atoms with Crippen molar-refractivity contribution < 1.29 is 9.09 Å². The first kappa shape index (κ1) is 10.3. The fraction of sp³-hybridized carbons (Fsp3) is 1.00. The van der Waals surface area contributed by atoms with Crippen LogP contribution in [0.1, 0.15) is 39.0 Å². The molecular weight excluding hydrogens is 171 g/mol. The summed E-state index contributed by atoms with van der Waals surface area (Å²) in [6.45, 7) is 2.51. The predicted molar refractivity (Wildman–Crippen MR) is 52.1 cm³/mol. The Morgan fingerprint density at radius 3 is 2.58 bits per heavy atom. The Balaban J connectivity index is 2.15. The molecule has 0 radical (unpaired) electrons. The highest BCUT2D eigenvalue weighted by atomic mass is 31.1. The Morgan fingerprint density at radius 2 is 2.00 bits per heavy atom. The van der Waals surface area contributed by atoms with E-state index in [-0.39, 0.29) is 0 Å². The molecule has 0 heterocycles. The molecule has 0 N–H and O–H groups in total. The van der Waals surface area contributed by atoms with Gasteiger partial charge in [-0.05, 0) is 25.7 Å². The number of hydrogen-bond acceptors (Lipinski definition) is 2. The Morgan fingerprint density at radius 1 is 1.33 bits per heavy atom. The fourth-order valence-electron chi connectivity index (χ4n) is 1.85. The predicted octanol–water partition coefficient (Wildman–Crippen LogP) is 3.08. The van der Waals surface area contributed by atoms with Crippen LogP contribution in [0.15, 0.2) is 0 Å². The van der Waals surface area contributed by atoms with Gasteiger partial charge >= 0.3 is 0 Å². The van der Waals surface area contributed by atoms with Gasteiger partial charge < -0.3 is 4.52 Å². The lowest BCUT2D eigenvalue weighted by atomic mass is 9.91. The number of hydrogen-bond donors (Lipinski definition) is 0. The second-order valence-corrected chi connectivity index (χ2v) is 4.95. The molecule has 3 heteroatoms. The Labute approximate surface area is 75.6 Å². The van der Waals surface area contributed by atoms with Crippen molar-refractivity contribution in [3.8, 4) is 0 Å². The molecule has 0 amide bonds. The SMILES string of the molecule is CCO[PH](=O)CC1CCCCC1. The van der Waals surface area contributed by atoms with E-state index in [1.807, 2.05) is 6.92 Å². The van der Waals surface area contributed by atoms with Crippen LogP contribution in [0.2, 0.25) is 0 Å². The highest BCUT2D eigenvalue weighted by molar-refractivity contribution is 7.39. The van der Waals surface area contributed by atoms with Crippen molar-refractivity contribution in [1.82, 2.24) is 0 Å². The van der Waals surface area contributed by atoms with Crippen LogP contribution in [-0.4, -0.2) is 12.8 Å². The molecule has 1 saturated carbocycles. The molecule has 1 rings (SSSR count). The Bertz CT molecular complexity index is 141. The minimum absolute atomic E-state index is 0.602. The highest BCUT2D eigenvalue weighted by Crippen LogP contribution is 2.33. The fourth-order valence-corrected chi connectivity index (χ4v) is 3.17. The van der Waals surface area contributed by atoms with E-state index in [9.17, 15) is 4.57 Å². The Hall–Kier alpha value is 0.190. The van der Waals surface area contributed by atoms with E-state index in [2.05, 4.69) is 0 Å². The van der Waals surface area contributed by atoms with Crippen LogP contribution >= 0.6 is 8.03 Å². The standard InChI is InChI=1S/C9H19O2P/c1-2-11-12(10)8-9-6-4-3-5-7-9/h9,12H,2-8H2,1H3. The van der Waals surface area contributed by atoms with Gasteiger partial charge in [0, 0.05) is 6.16 Å². The molecule has 72 valence electrons. The summed E-state index contributed by atoms with van der Waals surface area (Å²) in [5.41, 5.74) is 0. The van der Waals surface area contributed by atoms with Gasteiger partial charge in [0.2, 0.25) is 0 Å². The van der Waals surface area contributed by atoms with Crippen LogP contribution in [0, 0.1) is 5.92 Å². The maximum absolute atomic E-state index is 11.3. The summed E-state index contributed by atoms with van der Waals surface area (Å²) >= 11 is 0. The topological polar surface area (TPSA) is 26.3 Å². The molecule has 0 aromatic carbocycles. The van der Waals surface area contributed by atoms with Gasteiger partial charge in [-0.25, -0.2) is 0 Å². The van der Waals surface area contributed by atoms with Crippen LogP contribution in [0.25, 0.3) is 0 Å². The van der Waals surface area contributed by atoms with Crippen molar-refractivity contribution in [1.29, 1.82) is 0 Å². The van der Waals surface area contributed by atoms with E-state index in [0.717, 1.165) is 6.16 Å². The minimum Gasteiger partial charge on any atom is -0.331 e. The van der Waals surface area contributed by atoms with E-state index in [1.54, 1.807) is 0 Å². The first-order valence-electron chi connectivity index (χ1n) is 4.98. The van der Waals surface area contributed by atoms with E-state index >= 15 is 0 Å². The van der Waals surface area contributed by atoms with Crippen molar-refractivity contribution in [2.75, 3.05) is 12.8 Å². The molecule has 12 heavy (non-hydrogen) atoms. The minimum atomic E-state index is -1.69. The van der Waals surface area contributed by atoms with Gasteiger partial charge in [0.05, 0.1) is 6.61 Å². The molecule has 0 bridgehead atoms. The van der Waals surface area contributed by atoms with E-state index in [0.29, 0.717) is 12.5 Å². The average molecular weight is 190 g/mol. The van der Waals surface area contributed by atoms with Gasteiger partial charge in [-0.15, -0.1) is 0 Å². The average Bonchev–Trinajstić information content (AvgIpc) is 2.06. The quantitative estimate of drug-likeness (QED) is 0.637. The molecule has 0 saturated heterocycles. The maximum Gasteiger partial charge on any atom is 0.191 e. The molecular formula is C9H19O2P. The van der Waals surface area contributed by atoms with Crippen molar-refractivity contribution >= 4 is 8.03 Å². The maximum atomic E-state index is 11.3. The van der Waals surface area contributed by atoms with Crippen LogP contribution < -0.4 is 0 Å². The Kier molecular flexibility index (Phi) is 4.94. The zero-order chi connectivity index (χ0) is 8.81. The molecule has 1 unspecified atom stereocenters. The van der Waals surface area contributed by atoms with Crippen LogP contribution in [0.4, 0.5) is 0 Å². The van der Waals surface area contributed by atoms with Gasteiger partial charge in [-0.1, -0.05) is 19.3 Å². The van der Waals surface area contributed by atoms with Gasteiger partial charge in [-0.2, -0.15) is 0 Å². The third-order valence-corrected chi connectivity index (χ3v) is 4.01. The highest BCUT2D eigenvalue weighted by Gasteiger charge is 2.15.